The summed E-state index contributed by atoms with van der Waals surface area (Å²) in [5.41, 5.74) is 0.868. The Morgan fingerprint density at radius 1 is 1.35 bits per heavy atom. The molecule has 0 amide bonds. The number of esters is 1. The molecular weight excluding hydrogens is 232 g/mol. The van der Waals surface area contributed by atoms with Crippen molar-refractivity contribution in [2.24, 2.45) is 7.05 Å². The topological polar surface area (TPSA) is 51.5 Å². The Bertz CT molecular complexity index is 440. The molecule has 6 heteroatoms. The van der Waals surface area contributed by atoms with Crippen LogP contribution in [0.3, 0.4) is 0 Å². The van der Waals surface area contributed by atoms with Gasteiger partial charge in [0.2, 0.25) is 0 Å². The summed E-state index contributed by atoms with van der Waals surface area (Å²) in [4.78, 5) is 11.6. The van der Waals surface area contributed by atoms with Crippen LogP contribution in [0, 0.1) is 13.8 Å². The summed E-state index contributed by atoms with van der Waals surface area (Å²) in [6, 6.07) is 0. The monoisotopic (exact) mass is 247 g/mol. The molecule has 0 bridgehead atoms. The van der Waals surface area contributed by atoms with Gasteiger partial charge in [-0.1, -0.05) is 0 Å². The van der Waals surface area contributed by atoms with Crippen LogP contribution in [-0.4, -0.2) is 29.2 Å². The fraction of sp³-hybridized carbons (Fsp3) is 0.545. The number of carbonyl (C=O) groups is 1. The Morgan fingerprint density at radius 3 is 2.29 bits per heavy atom. The SMILES string of the molecule is COC(=O)c1c(C(O)C(F)F)c(C)n(C)c1C. The van der Waals surface area contributed by atoms with Crippen LogP contribution in [0.1, 0.15) is 33.4 Å². The highest BCUT2D eigenvalue weighted by atomic mass is 19.3. The van der Waals surface area contributed by atoms with Crippen LogP contribution in [0.4, 0.5) is 8.78 Å². The first-order valence-corrected chi connectivity index (χ1v) is 5.03. The molecule has 1 unspecified atom stereocenters. The predicted octanol–water partition coefficient (Wildman–Crippen LogP) is 1.73. The smallest absolute Gasteiger partial charge is 0.340 e. The highest BCUT2D eigenvalue weighted by Crippen LogP contribution is 2.31. The van der Waals surface area contributed by atoms with E-state index in [1.165, 1.54) is 7.11 Å². The normalized spacial score (nSPS) is 12.9. The van der Waals surface area contributed by atoms with Gasteiger partial charge >= 0.3 is 5.97 Å². The molecule has 0 aliphatic heterocycles. The first-order valence-electron chi connectivity index (χ1n) is 5.03. The zero-order valence-electron chi connectivity index (χ0n) is 10.1. The van der Waals surface area contributed by atoms with Gasteiger partial charge in [-0.05, 0) is 13.8 Å². The fourth-order valence-corrected chi connectivity index (χ4v) is 1.82. The van der Waals surface area contributed by atoms with Crippen LogP contribution in [0.25, 0.3) is 0 Å². The largest absolute Gasteiger partial charge is 0.465 e. The molecule has 1 aromatic rings. The summed E-state index contributed by atoms with van der Waals surface area (Å²) < 4.78 is 31.3. The maximum Gasteiger partial charge on any atom is 0.340 e. The van der Waals surface area contributed by atoms with E-state index in [-0.39, 0.29) is 11.1 Å². The van der Waals surface area contributed by atoms with Crippen molar-refractivity contribution >= 4 is 5.97 Å². The maximum absolute atomic E-state index is 12.6. The molecule has 1 N–H and O–H groups in total. The van der Waals surface area contributed by atoms with Gasteiger partial charge in [0.1, 0.15) is 6.10 Å². The van der Waals surface area contributed by atoms with Crippen molar-refractivity contribution in [1.82, 2.24) is 4.57 Å². The number of aliphatic hydroxyl groups excluding tert-OH is 1. The van der Waals surface area contributed by atoms with Crippen LogP contribution < -0.4 is 0 Å². The summed E-state index contributed by atoms with van der Waals surface area (Å²) in [5, 5.41) is 9.47. The lowest BCUT2D eigenvalue weighted by Crippen LogP contribution is -2.14. The van der Waals surface area contributed by atoms with Gasteiger partial charge in [0, 0.05) is 24.0 Å². The van der Waals surface area contributed by atoms with Gasteiger partial charge in [-0.25, -0.2) is 13.6 Å². The third kappa shape index (κ3) is 2.17. The Kier molecular flexibility index (Phi) is 3.87. The van der Waals surface area contributed by atoms with Gasteiger partial charge in [-0.15, -0.1) is 0 Å². The van der Waals surface area contributed by atoms with Crippen molar-refractivity contribution in [2.75, 3.05) is 7.11 Å². The fourth-order valence-electron chi connectivity index (χ4n) is 1.82. The Labute approximate surface area is 97.8 Å². The second-order valence-electron chi connectivity index (χ2n) is 3.79. The highest BCUT2D eigenvalue weighted by molar-refractivity contribution is 5.93. The lowest BCUT2D eigenvalue weighted by atomic mass is 10.0. The van der Waals surface area contributed by atoms with Crippen LogP contribution in [-0.2, 0) is 11.8 Å². The molecule has 1 aromatic heterocycles. The second-order valence-corrected chi connectivity index (χ2v) is 3.79. The number of hydrogen-bond acceptors (Lipinski definition) is 3. The number of aromatic nitrogens is 1. The molecule has 1 rings (SSSR count). The van der Waals surface area contributed by atoms with Crippen LogP contribution in [0.15, 0.2) is 0 Å². The van der Waals surface area contributed by atoms with E-state index < -0.39 is 18.5 Å². The predicted molar refractivity (Wildman–Crippen MR) is 57.2 cm³/mol. The number of rotatable bonds is 3. The minimum Gasteiger partial charge on any atom is -0.465 e. The summed E-state index contributed by atoms with van der Waals surface area (Å²) in [7, 11) is 2.81. The van der Waals surface area contributed by atoms with E-state index in [0.29, 0.717) is 11.4 Å². The van der Waals surface area contributed by atoms with E-state index in [2.05, 4.69) is 4.74 Å². The van der Waals surface area contributed by atoms with Gasteiger partial charge in [-0.3, -0.25) is 0 Å². The van der Waals surface area contributed by atoms with E-state index in [4.69, 9.17) is 0 Å². The van der Waals surface area contributed by atoms with Gasteiger partial charge in [0.25, 0.3) is 6.43 Å². The summed E-state index contributed by atoms with van der Waals surface area (Å²) >= 11 is 0. The number of hydrogen-bond donors (Lipinski definition) is 1. The number of methoxy groups -OCH3 is 1. The van der Waals surface area contributed by atoms with Crippen molar-refractivity contribution in [3.8, 4) is 0 Å². The first-order chi connectivity index (χ1) is 7.82. The zero-order chi connectivity index (χ0) is 13.3. The lowest BCUT2D eigenvalue weighted by molar-refractivity contribution is -0.00689. The number of alkyl halides is 2. The molecule has 4 nitrogen and oxygen atoms in total. The Morgan fingerprint density at radius 2 is 1.88 bits per heavy atom. The summed E-state index contributed by atoms with van der Waals surface area (Å²) in [6.07, 6.45) is -4.93. The molecule has 0 spiro atoms. The van der Waals surface area contributed by atoms with Crippen LogP contribution in [0.2, 0.25) is 0 Å². The van der Waals surface area contributed by atoms with Gasteiger partial charge in [-0.2, -0.15) is 0 Å². The summed E-state index contributed by atoms with van der Waals surface area (Å²) in [5.74, 6) is -0.721. The number of halogens is 2. The van der Waals surface area contributed by atoms with E-state index in [9.17, 15) is 18.7 Å². The van der Waals surface area contributed by atoms with Crippen LogP contribution in [0.5, 0.6) is 0 Å². The molecule has 0 saturated carbocycles. The Balaban J connectivity index is 3.46. The average molecular weight is 247 g/mol. The van der Waals surface area contributed by atoms with Crippen molar-refractivity contribution < 1.29 is 23.4 Å². The third-order valence-electron chi connectivity index (χ3n) is 2.95. The number of ether oxygens (including phenoxy) is 1. The Hall–Kier alpha value is -1.43. The molecule has 0 radical (unpaired) electrons. The highest BCUT2D eigenvalue weighted by Gasteiger charge is 2.31. The average Bonchev–Trinajstić information content (AvgIpc) is 2.51. The van der Waals surface area contributed by atoms with Crippen molar-refractivity contribution in [3.63, 3.8) is 0 Å². The molecule has 0 saturated heterocycles. The van der Waals surface area contributed by atoms with Crippen molar-refractivity contribution in [2.45, 2.75) is 26.4 Å². The van der Waals surface area contributed by atoms with Gasteiger partial charge < -0.3 is 14.4 Å². The van der Waals surface area contributed by atoms with Gasteiger partial charge in [0.15, 0.2) is 0 Å². The molecule has 96 valence electrons. The van der Waals surface area contributed by atoms with Crippen LogP contribution >= 0.6 is 0 Å². The van der Waals surface area contributed by atoms with E-state index in [1.54, 1.807) is 25.5 Å². The molecule has 17 heavy (non-hydrogen) atoms. The molecule has 1 atom stereocenters. The number of aliphatic hydroxyl groups is 1. The minimum atomic E-state index is -2.95. The van der Waals surface area contributed by atoms with Gasteiger partial charge in [0.05, 0.1) is 12.7 Å². The molecular formula is C11H15F2NO3. The quantitative estimate of drug-likeness (QED) is 0.827. The number of carbonyl (C=O) groups excluding carboxylic acids is 1. The second kappa shape index (κ2) is 4.83. The van der Waals surface area contributed by atoms with E-state index in [0.717, 1.165) is 0 Å². The molecule has 0 aliphatic rings. The van der Waals surface area contributed by atoms with E-state index >= 15 is 0 Å². The van der Waals surface area contributed by atoms with E-state index in [1.807, 2.05) is 0 Å². The van der Waals surface area contributed by atoms with Crippen molar-refractivity contribution in [3.05, 3.63) is 22.5 Å². The zero-order valence-corrected chi connectivity index (χ0v) is 10.1. The molecule has 1 heterocycles. The maximum atomic E-state index is 12.6. The van der Waals surface area contributed by atoms with Crippen molar-refractivity contribution in [1.29, 1.82) is 0 Å². The number of nitrogens with zero attached hydrogens (tertiary/aromatic N) is 1. The molecule has 0 aromatic carbocycles. The lowest BCUT2D eigenvalue weighted by Gasteiger charge is -2.11. The minimum absolute atomic E-state index is 0.0142. The molecule has 0 fully saturated rings. The molecule has 0 aliphatic carbocycles. The third-order valence-corrected chi connectivity index (χ3v) is 2.95. The standard InChI is InChI=1S/C11H15F2NO3/c1-5-7(9(15)10(12)13)8(11(16)17-4)6(2)14(5)3/h9-10,15H,1-4H3. The summed E-state index contributed by atoms with van der Waals surface area (Å²) in [6.45, 7) is 3.18. The first kappa shape index (κ1) is 13.6.